The highest BCUT2D eigenvalue weighted by molar-refractivity contribution is 7.91. The van der Waals surface area contributed by atoms with Crippen molar-refractivity contribution in [2.75, 3.05) is 18.4 Å². The Hall–Kier alpha value is -1.70. The maximum Gasteiger partial charge on any atom is 0.252 e. The minimum absolute atomic E-state index is 0.0944. The number of benzene rings is 1. The van der Waals surface area contributed by atoms with E-state index in [4.69, 9.17) is 0 Å². The van der Waals surface area contributed by atoms with Crippen LogP contribution in [0.1, 0.15) is 44.1 Å². The van der Waals surface area contributed by atoms with Crippen molar-refractivity contribution in [3.05, 3.63) is 46.8 Å². The van der Waals surface area contributed by atoms with Gasteiger partial charge in [0.15, 0.2) is 0 Å². The van der Waals surface area contributed by atoms with Gasteiger partial charge in [-0.15, -0.1) is 11.3 Å². The van der Waals surface area contributed by atoms with E-state index in [0.29, 0.717) is 23.6 Å². The summed E-state index contributed by atoms with van der Waals surface area (Å²) >= 11 is 1.28. The van der Waals surface area contributed by atoms with Gasteiger partial charge in [0, 0.05) is 23.7 Å². The van der Waals surface area contributed by atoms with Crippen molar-refractivity contribution in [2.45, 2.75) is 50.2 Å². The van der Waals surface area contributed by atoms with Crippen molar-refractivity contribution in [1.82, 2.24) is 4.31 Å². The lowest BCUT2D eigenvalue weighted by Crippen LogP contribution is -2.43. The summed E-state index contributed by atoms with van der Waals surface area (Å²) in [4.78, 5) is 13.9. The smallest absolute Gasteiger partial charge is 0.252 e. The van der Waals surface area contributed by atoms with Gasteiger partial charge in [0.25, 0.3) is 10.0 Å². The fraction of sp³-hybridized carbons (Fsp3) is 0.476. The van der Waals surface area contributed by atoms with Crippen LogP contribution in [0.15, 0.2) is 40.6 Å². The number of aryl methyl sites for hydroxylation is 1. The van der Waals surface area contributed by atoms with Crippen molar-refractivity contribution in [1.29, 1.82) is 0 Å². The van der Waals surface area contributed by atoms with E-state index in [1.165, 1.54) is 15.6 Å². The number of nitrogens with one attached hydrogen (secondary N) is 1. The third kappa shape index (κ3) is 4.47. The number of amides is 1. The molecule has 5 nitrogen and oxygen atoms in total. The van der Waals surface area contributed by atoms with Crippen molar-refractivity contribution in [3.8, 4) is 0 Å². The molecule has 1 aliphatic heterocycles. The number of nitrogens with zero attached hydrogens (tertiary/aromatic N) is 1. The standard InChI is InChI=1S/C21H28N2O3S2/c1-15-11-12-19(27-15)28(25,26)23-13-7-8-16(14-23)20(24)22-18-10-6-5-9-17(18)21(2,3)4/h5-6,9-12,16H,7-8,13-14H2,1-4H3,(H,22,24)/t16-/m0/s1. The molecule has 1 saturated heterocycles. The lowest BCUT2D eigenvalue weighted by atomic mass is 9.85. The summed E-state index contributed by atoms with van der Waals surface area (Å²) in [6, 6.07) is 11.3. The molecule has 1 aliphatic rings. The molecule has 1 amide bonds. The van der Waals surface area contributed by atoms with E-state index in [1.807, 2.05) is 37.3 Å². The molecule has 1 N–H and O–H groups in total. The maximum absolute atomic E-state index is 12.9. The summed E-state index contributed by atoms with van der Waals surface area (Å²) < 4.78 is 27.6. The van der Waals surface area contributed by atoms with Crippen LogP contribution in [-0.2, 0) is 20.2 Å². The van der Waals surface area contributed by atoms with E-state index in [-0.39, 0.29) is 23.8 Å². The van der Waals surface area contributed by atoms with E-state index < -0.39 is 10.0 Å². The fourth-order valence-corrected chi connectivity index (χ4v) is 6.50. The topological polar surface area (TPSA) is 66.5 Å². The molecule has 3 rings (SSSR count). The molecule has 1 aromatic heterocycles. The largest absolute Gasteiger partial charge is 0.326 e. The second kappa shape index (κ2) is 7.97. The SMILES string of the molecule is Cc1ccc(S(=O)(=O)N2CCC[C@H](C(=O)Nc3ccccc3C(C)(C)C)C2)s1. The molecule has 1 aromatic carbocycles. The molecule has 0 saturated carbocycles. The summed E-state index contributed by atoms with van der Waals surface area (Å²) in [6.07, 6.45) is 1.38. The van der Waals surface area contributed by atoms with Gasteiger partial charge < -0.3 is 5.32 Å². The van der Waals surface area contributed by atoms with Crippen LogP contribution in [-0.4, -0.2) is 31.7 Å². The van der Waals surface area contributed by atoms with Crippen molar-refractivity contribution in [3.63, 3.8) is 0 Å². The molecule has 28 heavy (non-hydrogen) atoms. The fourth-order valence-electron chi connectivity index (χ4n) is 3.53. The van der Waals surface area contributed by atoms with Crippen LogP contribution in [0.5, 0.6) is 0 Å². The number of sulfonamides is 1. The first-order valence-electron chi connectivity index (χ1n) is 9.56. The zero-order valence-corrected chi connectivity index (χ0v) is 18.5. The second-order valence-electron chi connectivity index (χ2n) is 8.35. The average molecular weight is 421 g/mol. The molecule has 2 heterocycles. The Labute approximate surface area is 171 Å². The average Bonchev–Trinajstić information content (AvgIpc) is 3.08. The number of hydrogen-bond acceptors (Lipinski definition) is 4. The van der Waals surface area contributed by atoms with Crippen LogP contribution >= 0.6 is 11.3 Å². The van der Waals surface area contributed by atoms with Crippen LogP contribution in [0, 0.1) is 12.8 Å². The first-order valence-corrected chi connectivity index (χ1v) is 11.8. The van der Waals surface area contributed by atoms with E-state index in [0.717, 1.165) is 16.1 Å². The van der Waals surface area contributed by atoms with Gasteiger partial charge in [-0.25, -0.2) is 8.42 Å². The van der Waals surface area contributed by atoms with Crippen molar-refractivity contribution < 1.29 is 13.2 Å². The molecular weight excluding hydrogens is 392 g/mol. The van der Waals surface area contributed by atoms with Gasteiger partial charge in [-0.3, -0.25) is 4.79 Å². The van der Waals surface area contributed by atoms with Crippen LogP contribution in [0.3, 0.4) is 0 Å². The van der Waals surface area contributed by atoms with Crippen molar-refractivity contribution in [2.24, 2.45) is 5.92 Å². The zero-order valence-electron chi connectivity index (χ0n) is 16.9. The van der Waals surface area contributed by atoms with Gasteiger partial charge in [-0.1, -0.05) is 39.0 Å². The molecular formula is C21H28N2O3S2. The summed E-state index contributed by atoms with van der Waals surface area (Å²) in [5, 5.41) is 3.04. The molecule has 1 fully saturated rings. The van der Waals surface area contributed by atoms with E-state index in [9.17, 15) is 13.2 Å². The molecule has 152 valence electrons. The number of para-hydroxylation sites is 1. The quantitative estimate of drug-likeness (QED) is 0.797. The molecule has 2 aromatic rings. The highest BCUT2D eigenvalue weighted by Gasteiger charge is 2.34. The Morgan fingerprint density at radius 3 is 2.54 bits per heavy atom. The Kier molecular flexibility index (Phi) is 5.98. The summed E-state index contributed by atoms with van der Waals surface area (Å²) in [6.45, 7) is 8.90. The Bertz CT molecular complexity index is 958. The Morgan fingerprint density at radius 2 is 1.89 bits per heavy atom. The van der Waals surface area contributed by atoms with Gasteiger partial charge in [-0.2, -0.15) is 4.31 Å². The number of thiophene rings is 1. The van der Waals surface area contributed by atoms with Gasteiger partial charge in [0.05, 0.1) is 5.92 Å². The van der Waals surface area contributed by atoms with Crippen LogP contribution < -0.4 is 5.32 Å². The molecule has 1 atom stereocenters. The molecule has 0 bridgehead atoms. The number of rotatable bonds is 4. The molecule has 7 heteroatoms. The van der Waals surface area contributed by atoms with Gasteiger partial charge in [0.2, 0.25) is 5.91 Å². The van der Waals surface area contributed by atoms with Crippen LogP contribution in [0.4, 0.5) is 5.69 Å². The van der Waals surface area contributed by atoms with Gasteiger partial charge >= 0.3 is 0 Å². The molecule has 0 radical (unpaired) electrons. The minimum Gasteiger partial charge on any atom is -0.326 e. The van der Waals surface area contributed by atoms with E-state index in [2.05, 4.69) is 26.1 Å². The maximum atomic E-state index is 12.9. The summed E-state index contributed by atoms with van der Waals surface area (Å²) in [5.74, 6) is -0.462. The van der Waals surface area contributed by atoms with Crippen LogP contribution in [0.25, 0.3) is 0 Å². The highest BCUT2D eigenvalue weighted by atomic mass is 32.2. The number of piperidine rings is 1. The number of anilines is 1. The highest BCUT2D eigenvalue weighted by Crippen LogP contribution is 2.31. The molecule has 0 unspecified atom stereocenters. The Balaban J connectivity index is 1.76. The molecule has 0 spiro atoms. The van der Waals surface area contributed by atoms with E-state index in [1.54, 1.807) is 6.07 Å². The number of carbonyl (C=O) groups excluding carboxylic acids is 1. The lowest BCUT2D eigenvalue weighted by molar-refractivity contribution is -0.120. The van der Waals surface area contributed by atoms with Gasteiger partial charge in [0.1, 0.15) is 4.21 Å². The monoisotopic (exact) mass is 420 g/mol. The third-order valence-electron chi connectivity index (χ3n) is 5.06. The van der Waals surface area contributed by atoms with Gasteiger partial charge in [-0.05, 0) is 48.9 Å². The number of carbonyl (C=O) groups is 1. The third-order valence-corrected chi connectivity index (χ3v) is 8.39. The second-order valence-corrected chi connectivity index (χ2v) is 11.8. The summed E-state index contributed by atoms with van der Waals surface area (Å²) in [7, 11) is -3.54. The van der Waals surface area contributed by atoms with Crippen LogP contribution in [0.2, 0.25) is 0 Å². The number of hydrogen-bond donors (Lipinski definition) is 1. The minimum atomic E-state index is -3.54. The molecule has 0 aliphatic carbocycles. The van der Waals surface area contributed by atoms with E-state index >= 15 is 0 Å². The first-order chi connectivity index (χ1) is 13.1. The van der Waals surface area contributed by atoms with Crippen molar-refractivity contribution >= 4 is 33.0 Å². The first kappa shape index (κ1) is 21.0. The predicted molar refractivity (Wildman–Crippen MR) is 114 cm³/mol. The lowest BCUT2D eigenvalue weighted by Gasteiger charge is -2.31. The zero-order chi connectivity index (χ0) is 20.5. The summed E-state index contributed by atoms with van der Waals surface area (Å²) in [5.41, 5.74) is 1.77. The predicted octanol–water partition coefficient (Wildman–Crippen LogP) is 4.39. The Morgan fingerprint density at radius 1 is 1.18 bits per heavy atom. The normalized spacial score (nSPS) is 18.8.